The summed E-state index contributed by atoms with van der Waals surface area (Å²) in [5.41, 5.74) is 1.67. The summed E-state index contributed by atoms with van der Waals surface area (Å²) in [7, 11) is 0. The third kappa shape index (κ3) is 7.42. The van der Waals surface area contributed by atoms with Crippen LogP contribution in [0.15, 0.2) is 46.9 Å². The number of anilines is 1. The van der Waals surface area contributed by atoms with E-state index in [0.29, 0.717) is 33.6 Å². The van der Waals surface area contributed by atoms with Crippen molar-refractivity contribution in [2.45, 2.75) is 39.7 Å². The molecule has 30 heavy (non-hydrogen) atoms. The van der Waals surface area contributed by atoms with Crippen LogP contribution < -0.4 is 20.7 Å². The molecule has 0 heterocycles. The number of hydrogen-bond donors (Lipinski definition) is 3. The Kier molecular flexibility index (Phi) is 9.26. The van der Waals surface area contributed by atoms with Gasteiger partial charge in [-0.3, -0.25) is 14.9 Å². The lowest BCUT2D eigenvalue weighted by atomic mass is 10.2. The monoisotopic (exact) mass is 491 g/mol. The summed E-state index contributed by atoms with van der Waals surface area (Å²) in [6, 6.07) is 12.0. The second-order valence-corrected chi connectivity index (χ2v) is 8.22. The summed E-state index contributed by atoms with van der Waals surface area (Å²) >= 11 is 8.66. The van der Waals surface area contributed by atoms with Crippen molar-refractivity contribution in [2.75, 3.05) is 11.9 Å². The molecule has 0 atom stereocenters. The van der Waals surface area contributed by atoms with Gasteiger partial charge < -0.3 is 15.4 Å². The molecule has 160 valence electrons. The van der Waals surface area contributed by atoms with Gasteiger partial charge in [-0.2, -0.15) is 0 Å². The minimum atomic E-state index is -0.332. The fraction of sp³-hybridized carbons (Fsp3) is 0.318. The fourth-order valence-electron chi connectivity index (χ4n) is 2.47. The number of carbonyl (C=O) groups excluding carboxylic acids is 2. The molecule has 0 aromatic heterocycles. The van der Waals surface area contributed by atoms with Gasteiger partial charge in [0.1, 0.15) is 5.75 Å². The summed E-state index contributed by atoms with van der Waals surface area (Å²) < 4.78 is 6.38. The van der Waals surface area contributed by atoms with Gasteiger partial charge in [-0.05, 0) is 90.9 Å². The van der Waals surface area contributed by atoms with Crippen LogP contribution in [0, 0.1) is 0 Å². The number of thiocarbonyl (C=S) groups is 1. The first-order valence-corrected chi connectivity index (χ1v) is 11.0. The molecule has 8 heteroatoms. The standard InChI is InChI=1S/C22H26BrN3O3S/c1-4-5-12-29-19-11-8-16(13-18(19)23)21(28)26-22(30)25-17-9-6-15(7-10-17)20(27)24-14(2)3/h6-11,13-14H,4-5,12H2,1-3H3,(H,24,27)(H2,25,26,28,30). The smallest absolute Gasteiger partial charge is 0.257 e. The maximum absolute atomic E-state index is 12.5. The Bertz CT molecular complexity index is 901. The first kappa shape index (κ1) is 23.8. The van der Waals surface area contributed by atoms with Crippen molar-refractivity contribution in [3.8, 4) is 5.75 Å². The van der Waals surface area contributed by atoms with E-state index in [1.54, 1.807) is 42.5 Å². The molecular formula is C22H26BrN3O3S. The van der Waals surface area contributed by atoms with Crippen molar-refractivity contribution >= 4 is 50.8 Å². The molecule has 2 aromatic carbocycles. The molecule has 0 aliphatic rings. The Balaban J connectivity index is 1.92. The molecule has 2 rings (SSSR count). The third-order valence-electron chi connectivity index (χ3n) is 4.00. The molecule has 6 nitrogen and oxygen atoms in total. The molecule has 0 saturated heterocycles. The quantitative estimate of drug-likeness (QED) is 0.361. The van der Waals surface area contributed by atoms with Crippen molar-refractivity contribution in [2.24, 2.45) is 0 Å². The molecule has 0 radical (unpaired) electrons. The molecule has 0 unspecified atom stereocenters. The van der Waals surface area contributed by atoms with Crippen molar-refractivity contribution in [1.29, 1.82) is 0 Å². The molecule has 0 aliphatic carbocycles. The average Bonchev–Trinajstić information content (AvgIpc) is 2.69. The summed E-state index contributed by atoms with van der Waals surface area (Å²) in [6.07, 6.45) is 2.02. The van der Waals surface area contributed by atoms with E-state index in [2.05, 4.69) is 38.8 Å². The van der Waals surface area contributed by atoms with E-state index >= 15 is 0 Å². The van der Waals surface area contributed by atoms with Gasteiger partial charge >= 0.3 is 0 Å². The molecule has 0 saturated carbocycles. The molecule has 0 bridgehead atoms. The molecule has 3 N–H and O–H groups in total. The minimum Gasteiger partial charge on any atom is -0.492 e. The van der Waals surface area contributed by atoms with Crippen LogP contribution in [-0.4, -0.2) is 29.6 Å². The molecule has 0 spiro atoms. The van der Waals surface area contributed by atoms with E-state index in [4.69, 9.17) is 17.0 Å². The van der Waals surface area contributed by atoms with Crippen LogP contribution in [-0.2, 0) is 0 Å². The van der Waals surface area contributed by atoms with Crippen LogP contribution in [0.3, 0.4) is 0 Å². The number of benzene rings is 2. The van der Waals surface area contributed by atoms with E-state index in [1.807, 2.05) is 13.8 Å². The van der Waals surface area contributed by atoms with Gasteiger partial charge in [0.05, 0.1) is 11.1 Å². The summed E-state index contributed by atoms with van der Waals surface area (Å²) in [4.78, 5) is 24.5. The SMILES string of the molecule is CCCCOc1ccc(C(=O)NC(=S)Nc2ccc(C(=O)NC(C)C)cc2)cc1Br. The maximum atomic E-state index is 12.5. The Morgan fingerprint density at radius 1 is 1.07 bits per heavy atom. The lowest BCUT2D eigenvalue weighted by Gasteiger charge is -2.12. The van der Waals surface area contributed by atoms with E-state index < -0.39 is 0 Å². The molecule has 0 aliphatic heterocycles. The zero-order valence-electron chi connectivity index (χ0n) is 17.3. The topological polar surface area (TPSA) is 79.5 Å². The van der Waals surface area contributed by atoms with Gasteiger partial charge in [0, 0.05) is 22.9 Å². The van der Waals surface area contributed by atoms with Crippen LogP contribution in [0.5, 0.6) is 5.75 Å². The zero-order valence-corrected chi connectivity index (χ0v) is 19.7. The first-order valence-electron chi connectivity index (χ1n) is 9.75. The number of nitrogens with one attached hydrogen (secondary N) is 3. The molecule has 0 fully saturated rings. The van der Waals surface area contributed by atoms with E-state index in [1.165, 1.54) is 0 Å². The van der Waals surface area contributed by atoms with Gasteiger partial charge in [-0.15, -0.1) is 0 Å². The predicted octanol–water partition coefficient (Wildman–Crippen LogP) is 4.89. The highest BCUT2D eigenvalue weighted by atomic mass is 79.9. The van der Waals surface area contributed by atoms with Crippen LogP contribution in [0.2, 0.25) is 0 Å². The number of amides is 2. The van der Waals surface area contributed by atoms with E-state index in [9.17, 15) is 9.59 Å². The summed E-state index contributed by atoms with van der Waals surface area (Å²) in [5.74, 6) is 0.226. The predicted molar refractivity (Wildman–Crippen MR) is 127 cm³/mol. The normalized spacial score (nSPS) is 10.4. The van der Waals surface area contributed by atoms with Crippen LogP contribution >= 0.6 is 28.1 Å². The van der Waals surface area contributed by atoms with Gasteiger partial charge in [0.2, 0.25) is 0 Å². The number of carbonyl (C=O) groups is 2. The van der Waals surface area contributed by atoms with Crippen molar-refractivity contribution in [1.82, 2.24) is 10.6 Å². The highest BCUT2D eigenvalue weighted by molar-refractivity contribution is 9.10. The van der Waals surface area contributed by atoms with Crippen LogP contribution in [0.25, 0.3) is 0 Å². The van der Waals surface area contributed by atoms with Crippen LogP contribution in [0.1, 0.15) is 54.3 Å². The van der Waals surface area contributed by atoms with Crippen LogP contribution in [0.4, 0.5) is 5.69 Å². The Labute approximate surface area is 190 Å². The van der Waals surface area contributed by atoms with Gasteiger partial charge in [-0.1, -0.05) is 13.3 Å². The number of ether oxygens (including phenoxy) is 1. The summed E-state index contributed by atoms with van der Waals surface area (Å²) in [5, 5.41) is 8.59. The highest BCUT2D eigenvalue weighted by Gasteiger charge is 2.12. The lowest BCUT2D eigenvalue weighted by Crippen LogP contribution is -2.34. The molecular weight excluding hydrogens is 466 g/mol. The first-order chi connectivity index (χ1) is 14.3. The van der Waals surface area contributed by atoms with Gasteiger partial charge in [0.25, 0.3) is 11.8 Å². The van der Waals surface area contributed by atoms with E-state index in [-0.39, 0.29) is 23.0 Å². The second kappa shape index (κ2) is 11.7. The fourth-order valence-corrected chi connectivity index (χ4v) is 3.18. The Hall–Kier alpha value is -2.45. The van der Waals surface area contributed by atoms with Gasteiger partial charge in [-0.25, -0.2) is 0 Å². The Morgan fingerprint density at radius 2 is 1.73 bits per heavy atom. The number of unbranched alkanes of at least 4 members (excludes halogenated alkanes) is 1. The average molecular weight is 492 g/mol. The van der Waals surface area contributed by atoms with E-state index in [0.717, 1.165) is 12.8 Å². The largest absolute Gasteiger partial charge is 0.492 e. The number of hydrogen-bond acceptors (Lipinski definition) is 4. The third-order valence-corrected chi connectivity index (χ3v) is 4.83. The Morgan fingerprint density at radius 3 is 2.33 bits per heavy atom. The molecule has 2 aromatic rings. The maximum Gasteiger partial charge on any atom is 0.257 e. The summed E-state index contributed by atoms with van der Waals surface area (Å²) in [6.45, 7) is 6.54. The van der Waals surface area contributed by atoms with Gasteiger partial charge in [0.15, 0.2) is 5.11 Å². The molecule has 2 amide bonds. The highest BCUT2D eigenvalue weighted by Crippen LogP contribution is 2.26. The second-order valence-electron chi connectivity index (χ2n) is 6.96. The van der Waals surface area contributed by atoms with Crippen molar-refractivity contribution < 1.29 is 14.3 Å². The zero-order chi connectivity index (χ0) is 22.1. The van der Waals surface area contributed by atoms with Crippen molar-refractivity contribution in [3.05, 3.63) is 58.1 Å². The van der Waals surface area contributed by atoms with Crippen molar-refractivity contribution in [3.63, 3.8) is 0 Å². The number of halogens is 1. The lowest BCUT2D eigenvalue weighted by molar-refractivity contribution is 0.0941. The minimum absolute atomic E-state index is 0.0649. The number of rotatable bonds is 8.